The average molecular weight is 389 g/mol. The summed E-state index contributed by atoms with van der Waals surface area (Å²) in [6.07, 6.45) is 0.234. The molecule has 2 heterocycles. The molecule has 154 valence electrons. The van der Waals surface area contributed by atoms with Crippen LogP contribution < -0.4 is 19.7 Å². The number of ether oxygens (including phenoxy) is 2. The maximum Gasteiger partial charge on any atom is 0.227 e. The number of carbonyl (C=O) groups excluding carboxylic acids is 2. The number of hydrogen-bond acceptors (Lipinski definition) is 5. The quantitative estimate of drug-likeness (QED) is 0.773. The molecule has 0 bridgehead atoms. The lowest BCUT2D eigenvalue weighted by atomic mass is 10.1. The van der Waals surface area contributed by atoms with E-state index in [1.54, 1.807) is 4.90 Å². The number of anilines is 1. The Balaban J connectivity index is 1.56. The lowest BCUT2D eigenvalue weighted by molar-refractivity contribution is -0.126. The molecule has 28 heavy (non-hydrogen) atoms. The standard InChI is InChI=1S/C21H31N3O4/c1-14(2)23(15(3)4)8-7-22-21(26)16-11-20(25)24(13-16)17-5-6-18-19(12-17)28-10-9-27-18/h5-6,12,14-16H,7-11,13H2,1-4H3,(H,22,26). The highest BCUT2D eigenvalue weighted by Crippen LogP contribution is 2.35. The Bertz CT molecular complexity index is 712. The zero-order valence-electron chi connectivity index (χ0n) is 17.2. The van der Waals surface area contributed by atoms with E-state index in [-0.39, 0.29) is 24.2 Å². The van der Waals surface area contributed by atoms with Crippen molar-refractivity contribution in [2.75, 3.05) is 37.7 Å². The smallest absolute Gasteiger partial charge is 0.227 e. The number of hydrogen-bond donors (Lipinski definition) is 1. The van der Waals surface area contributed by atoms with Gasteiger partial charge in [0.05, 0.1) is 5.92 Å². The summed E-state index contributed by atoms with van der Waals surface area (Å²) in [5.74, 6) is 0.915. The lowest BCUT2D eigenvalue weighted by Gasteiger charge is -2.30. The summed E-state index contributed by atoms with van der Waals surface area (Å²) in [4.78, 5) is 29.1. The van der Waals surface area contributed by atoms with Gasteiger partial charge in [-0.25, -0.2) is 0 Å². The molecule has 2 amide bonds. The first-order valence-electron chi connectivity index (χ1n) is 10.1. The highest BCUT2D eigenvalue weighted by molar-refractivity contribution is 6.00. The van der Waals surface area contributed by atoms with Crippen molar-refractivity contribution in [2.45, 2.75) is 46.2 Å². The van der Waals surface area contributed by atoms with Crippen LogP contribution in [-0.4, -0.2) is 61.6 Å². The van der Waals surface area contributed by atoms with Crippen LogP contribution in [0.3, 0.4) is 0 Å². The number of fused-ring (bicyclic) bond motifs is 1. The van der Waals surface area contributed by atoms with Crippen LogP contribution in [0.5, 0.6) is 11.5 Å². The van der Waals surface area contributed by atoms with E-state index in [1.165, 1.54) is 0 Å². The molecule has 7 nitrogen and oxygen atoms in total. The molecule has 2 aliphatic rings. The van der Waals surface area contributed by atoms with Crippen LogP contribution >= 0.6 is 0 Å². The Morgan fingerprint density at radius 3 is 2.54 bits per heavy atom. The molecule has 1 unspecified atom stereocenters. The number of nitrogens with one attached hydrogen (secondary N) is 1. The molecule has 0 radical (unpaired) electrons. The van der Waals surface area contributed by atoms with Gasteiger partial charge in [0, 0.05) is 49.9 Å². The van der Waals surface area contributed by atoms with Gasteiger partial charge >= 0.3 is 0 Å². The molecule has 1 N–H and O–H groups in total. The third-order valence-corrected chi connectivity index (χ3v) is 5.33. The summed E-state index contributed by atoms with van der Waals surface area (Å²) in [5, 5.41) is 3.00. The first-order valence-corrected chi connectivity index (χ1v) is 10.1. The van der Waals surface area contributed by atoms with Gasteiger partial charge in [0.1, 0.15) is 13.2 Å². The van der Waals surface area contributed by atoms with Crippen LogP contribution in [-0.2, 0) is 9.59 Å². The van der Waals surface area contributed by atoms with Gasteiger partial charge in [-0.3, -0.25) is 14.5 Å². The number of amides is 2. The molecule has 0 aromatic heterocycles. The van der Waals surface area contributed by atoms with Crippen molar-refractivity contribution in [1.82, 2.24) is 10.2 Å². The van der Waals surface area contributed by atoms with Crippen LogP contribution in [0.2, 0.25) is 0 Å². The second-order valence-electron chi connectivity index (χ2n) is 7.95. The van der Waals surface area contributed by atoms with E-state index in [2.05, 4.69) is 37.9 Å². The maximum atomic E-state index is 12.6. The Kier molecular flexibility index (Phi) is 6.44. The van der Waals surface area contributed by atoms with E-state index in [1.807, 2.05) is 18.2 Å². The van der Waals surface area contributed by atoms with Crippen molar-refractivity contribution in [3.63, 3.8) is 0 Å². The molecule has 2 aliphatic heterocycles. The maximum absolute atomic E-state index is 12.6. The second-order valence-corrected chi connectivity index (χ2v) is 7.95. The lowest BCUT2D eigenvalue weighted by Crippen LogP contribution is -2.43. The van der Waals surface area contributed by atoms with Gasteiger partial charge in [-0.2, -0.15) is 0 Å². The zero-order valence-corrected chi connectivity index (χ0v) is 17.2. The third kappa shape index (κ3) is 4.58. The van der Waals surface area contributed by atoms with Crippen LogP contribution in [0.25, 0.3) is 0 Å². The van der Waals surface area contributed by atoms with Crippen molar-refractivity contribution >= 4 is 17.5 Å². The summed E-state index contributed by atoms with van der Waals surface area (Å²) >= 11 is 0. The average Bonchev–Trinajstić information content (AvgIpc) is 3.05. The number of carbonyl (C=O) groups is 2. The van der Waals surface area contributed by atoms with Crippen LogP contribution in [0.1, 0.15) is 34.1 Å². The fraction of sp³-hybridized carbons (Fsp3) is 0.619. The predicted molar refractivity (Wildman–Crippen MR) is 108 cm³/mol. The van der Waals surface area contributed by atoms with E-state index >= 15 is 0 Å². The van der Waals surface area contributed by atoms with Crippen LogP contribution in [0, 0.1) is 5.92 Å². The molecule has 1 atom stereocenters. The molecule has 0 aliphatic carbocycles. The van der Waals surface area contributed by atoms with E-state index in [9.17, 15) is 9.59 Å². The summed E-state index contributed by atoms with van der Waals surface area (Å²) < 4.78 is 11.1. The summed E-state index contributed by atoms with van der Waals surface area (Å²) in [6.45, 7) is 11.4. The minimum atomic E-state index is -0.327. The van der Waals surface area contributed by atoms with E-state index in [4.69, 9.17) is 9.47 Å². The Morgan fingerprint density at radius 1 is 1.18 bits per heavy atom. The zero-order chi connectivity index (χ0) is 20.3. The minimum Gasteiger partial charge on any atom is -0.486 e. The van der Waals surface area contributed by atoms with E-state index < -0.39 is 0 Å². The number of benzene rings is 1. The highest BCUT2D eigenvalue weighted by atomic mass is 16.6. The first kappa shape index (κ1) is 20.5. The van der Waals surface area contributed by atoms with Crippen LogP contribution in [0.15, 0.2) is 18.2 Å². The highest BCUT2D eigenvalue weighted by Gasteiger charge is 2.35. The molecule has 3 rings (SSSR count). The number of rotatable bonds is 7. The van der Waals surface area contributed by atoms with E-state index in [0.29, 0.717) is 49.9 Å². The van der Waals surface area contributed by atoms with Gasteiger partial charge in [-0.15, -0.1) is 0 Å². The van der Waals surface area contributed by atoms with Gasteiger partial charge in [-0.05, 0) is 39.8 Å². The molecular formula is C21H31N3O4. The van der Waals surface area contributed by atoms with Crippen molar-refractivity contribution in [1.29, 1.82) is 0 Å². The Labute approximate surface area is 167 Å². The molecule has 7 heteroatoms. The first-order chi connectivity index (χ1) is 13.4. The molecule has 1 saturated heterocycles. The Morgan fingerprint density at radius 2 is 1.86 bits per heavy atom. The number of nitrogens with zero attached hydrogens (tertiary/aromatic N) is 2. The van der Waals surface area contributed by atoms with Gasteiger partial charge in [-0.1, -0.05) is 0 Å². The van der Waals surface area contributed by atoms with Crippen molar-refractivity contribution in [2.24, 2.45) is 5.92 Å². The molecular weight excluding hydrogens is 358 g/mol. The molecule has 1 fully saturated rings. The van der Waals surface area contributed by atoms with E-state index in [0.717, 1.165) is 12.2 Å². The third-order valence-electron chi connectivity index (χ3n) is 5.33. The second kappa shape index (κ2) is 8.82. The summed E-state index contributed by atoms with van der Waals surface area (Å²) in [7, 11) is 0. The molecule has 1 aromatic carbocycles. The molecule has 0 spiro atoms. The monoisotopic (exact) mass is 389 g/mol. The SMILES string of the molecule is CC(C)N(CCNC(=O)C1CC(=O)N(c2ccc3c(c2)OCCO3)C1)C(C)C. The normalized spacial score (nSPS) is 19.0. The Hall–Kier alpha value is -2.28. The minimum absolute atomic E-state index is 0.0391. The van der Waals surface area contributed by atoms with Crippen molar-refractivity contribution < 1.29 is 19.1 Å². The van der Waals surface area contributed by atoms with Crippen molar-refractivity contribution in [3.8, 4) is 11.5 Å². The largest absolute Gasteiger partial charge is 0.486 e. The summed E-state index contributed by atoms with van der Waals surface area (Å²) in [6, 6.07) is 6.33. The van der Waals surface area contributed by atoms with Gasteiger partial charge in [0.25, 0.3) is 0 Å². The van der Waals surface area contributed by atoms with Gasteiger partial charge in [0.15, 0.2) is 11.5 Å². The topological polar surface area (TPSA) is 71.1 Å². The molecule has 0 saturated carbocycles. The fourth-order valence-corrected chi connectivity index (χ4v) is 3.90. The predicted octanol–water partition coefficient (Wildman–Crippen LogP) is 2.05. The van der Waals surface area contributed by atoms with Gasteiger partial charge < -0.3 is 19.7 Å². The fourth-order valence-electron chi connectivity index (χ4n) is 3.90. The van der Waals surface area contributed by atoms with Crippen molar-refractivity contribution in [3.05, 3.63) is 18.2 Å². The summed E-state index contributed by atoms with van der Waals surface area (Å²) in [5.41, 5.74) is 0.746. The molecule has 1 aromatic rings. The van der Waals surface area contributed by atoms with Crippen LogP contribution in [0.4, 0.5) is 5.69 Å². The van der Waals surface area contributed by atoms with Gasteiger partial charge in [0.2, 0.25) is 11.8 Å².